The molecule has 2 fully saturated rings. The molecular weight excluding hydrogens is 434 g/mol. The molecule has 2 aliphatic heterocycles. The molecule has 1 saturated heterocycles. The number of rotatable bonds is 4. The number of aryl methyl sites for hydroxylation is 1. The van der Waals surface area contributed by atoms with Gasteiger partial charge in [0.2, 0.25) is 11.8 Å². The van der Waals surface area contributed by atoms with Crippen molar-refractivity contribution in [3.63, 3.8) is 0 Å². The van der Waals surface area contributed by atoms with E-state index in [1.54, 1.807) is 0 Å². The first-order chi connectivity index (χ1) is 17.2. The fourth-order valence-electron chi connectivity index (χ4n) is 6.71. The van der Waals surface area contributed by atoms with Crippen molar-refractivity contribution < 1.29 is 9.59 Å². The zero-order valence-electron chi connectivity index (χ0n) is 20.4. The number of aromatic amines is 1. The number of hydrogen-bond donors (Lipinski definition) is 1. The summed E-state index contributed by atoms with van der Waals surface area (Å²) in [5.41, 5.74) is 4.71. The number of para-hydroxylation sites is 1. The van der Waals surface area contributed by atoms with Gasteiger partial charge in [-0.25, -0.2) is 0 Å². The van der Waals surface area contributed by atoms with Gasteiger partial charge in [-0.15, -0.1) is 0 Å². The molecule has 3 aromatic rings. The molecule has 35 heavy (non-hydrogen) atoms. The first-order valence-electron chi connectivity index (χ1n) is 13.5. The molecule has 0 bridgehead atoms. The number of benzene rings is 2. The largest absolute Gasteiger partial charge is 0.356 e. The molecule has 6 rings (SSSR count). The van der Waals surface area contributed by atoms with Gasteiger partial charge in [-0.1, -0.05) is 80.6 Å². The lowest BCUT2D eigenvalue weighted by Crippen LogP contribution is -2.64. The Bertz CT molecular complexity index is 1210. The number of carbonyl (C=O) groups excluding carboxylic acids is 2. The highest BCUT2D eigenvalue weighted by molar-refractivity contribution is 5.97. The van der Waals surface area contributed by atoms with E-state index in [0.717, 1.165) is 49.7 Å². The lowest BCUT2D eigenvalue weighted by Gasteiger charge is -2.49. The number of nitrogens with zero attached hydrogens (tertiary/aromatic N) is 2. The van der Waals surface area contributed by atoms with E-state index in [1.807, 2.05) is 21.9 Å². The van der Waals surface area contributed by atoms with Gasteiger partial charge in [0, 0.05) is 29.1 Å². The number of amides is 2. The summed E-state index contributed by atoms with van der Waals surface area (Å²) in [5, 5.41) is 1.19. The number of aromatic nitrogens is 1. The third-order valence-corrected chi connectivity index (χ3v) is 8.48. The molecule has 2 aromatic carbocycles. The molecule has 2 atom stereocenters. The third-order valence-electron chi connectivity index (χ3n) is 8.48. The Morgan fingerprint density at radius 1 is 0.857 bits per heavy atom. The van der Waals surface area contributed by atoms with Crippen molar-refractivity contribution in [1.82, 2.24) is 14.8 Å². The Labute approximate surface area is 207 Å². The molecule has 3 heterocycles. The Hall–Kier alpha value is -3.08. The summed E-state index contributed by atoms with van der Waals surface area (Å²) in [5.74, 6) is 0.273. The average molecular weight is 470 g/mol. The zero-order chi connectivity index (χ0) is 23.8. The Morgan fingerprint density at radius 3 is 2.37 bits per heavy atom. The van der Waals surface area contributed by atoms with Crippen LogP contribution in [0.3, 0.4) is 0 Å². The Morgan fingerprint density at radius 2 is 1.57 bits per heavy atom. The van der Waals surface area contributed by atoms with Gasteiger partial charge in [0.1, 0.15) is 12.6 Å². The smallest absolute Gasteiger partial charge is 0.246 e. The van der Waals surface area contributed by atoms with Crippen LogP contribution in [0.5, 0.6) is 0 Å². The van der Waals surface area contributed by atoms with Crippen LogP contribution in [0.25, 0.3) is 10.9 Å². The molecule has 1 saturated carbocycles. The van der Waals surface area contributed by atoms with Crippen LogP contribution in [0.2, 0.25) is 0 Å². The molecule has 1 aliphatic carbocycles. The van der Waals surface area contributed by atoms with E-state index in [-0.39, 0.29) is 30.4 Å². The van der Waals surface area contributed by atoms with Gasteiger partial charge >= 0.3 is 0 Å². The molecule has 3 aliphatic rings. The van der Waals surface area contributed by atoms with Crippen molar-refractivity contribution in [3.05, 3.63) is 71.4 Å². The van der Waals surface area contributed by atoms with E-state index in [1.165, 1.54) is 35.8 Å². The number of carbonyl (C=O) groups is 2. The van der Waals surface area contributed by atoms with Crippen LogP contribution < -0.4 is 0 Å². The van der Waals surface area contributed by atoms with Gasteiger partial charge in [-0.05, 0) is 42.9 Å². The van der Waals surface area contributed by atoms with Crippen LogP contribution in [-0.4, -0.2) is 45.2 Å². The van der Waals surface area contributed by atoms with Crippen LogP contribution in [-0.2, 0) is 22.4 Å². The molecule has 1 N–H and O–H groups in total. The first-order valence-corrected chi connectivity index (χ1v) is 13.5. The summed E-state index contributed by atoms with van der Waals surface area (Å²) in [6.45, 7) is 0.234. The van der Waals surface area contributed by atoms with E-state index in [0.29, 0.717) is 6.42 Å². The molecule has 0 radical (unpaired) electrons. The summed E-state index contributed by atoms with van der Waals surface area (Å²) < 4.78 is 0. The van der Waals surface area contributed by atoms with E-state index < -0.39 is 6.04 Å². The lowest BCUT2D eigenvalue weighted by molar-refractivity contribution is -0.162. The minimum Gasteiger partial charge on any atom is -0.356 e. The summed E-state index contributed by atoms with van der Waals surface area (Å²) in [4.78, 5) is 35.3. The number of nitrogens with one attached hydrogen (secondary N) is 1. The normalized spacial score (nSPS) is 23.7. The standard InChI is InChI=1S/C30H35N3O2/c34-28-20-32(22-13-7-2-1-3-8-14-22)30(35)27-19-24-23-15-9-10-16-25(23)31-29(24)26(33(27)28)18-17-21-11-5-4-6-12-21/h4-6,9-12,15-16,22,26-27,31H,1-3,7-8,13-14,17-20H2/t26-,27+/m1/s1. The highest BCUT2D eigenvalue weighted by Crippen LogP contribution is 2.42. The summed E-state index contributed by atoms with van der Waals surface area (Å²) in [6, 6.07) is 18.5. The quantitative estimate of drug-likeness (QED) is 0.545. The van der Waals surface area contributed by atoms with Crippen molar-refractivity contribution >= 4 is 22.7 Å². The first kappa shape index (κ1) is 22.4. The maximum absolute atomic E-state index is 14.0. The second kappa shape index (κ2) is 9.52. The van der Waals surface area contributed by atoms with E-state index in [9.17, 15) is 9.59 Å². The predicted octanol–water partition coefficient (Wildman–Crippen LogP) is 5.55. The van der Waals surface area contributed by atoms with Gasteiger partial charge in [0.15, 0.2) is 0 Å². The molecular formula is C30H35N3O2. The highest BCUT2D eigenvalue weighted by atomic mass is 16.2. The second-order valence-corrected chi connectivity index (χ2v) is 10.6. The third kappa shape index (κ3) is 4.15. The van der Waals surface area contributed by atoms with Crippen LogP contribution in [0, 0.1) is 0 Å². The Kier molecular flexibility index (Phi) is 6.09. The summed E-state index contributed by atoms with van der Waals surface area (Å²) >= 11 is 0. The minimum absolute atomic E-state index is 0.104. The number of hydrogen-bond acceptors (Lipinski definition) is 2. The van der Waals surface area contributed by atoms with Gasteiger partial charge < -0.3 is 14.8 Å². The molecule has 1 aromatic heterocycles. The van der Waals surface area contributed by atoms with Crippen LogP contribution in [0.4, 0.5) is 0 Å². The van der Waals surface area contributed by atoms with Crippen LogP contribution in [0.15, 0.2) is 54.6 Å². The number of fused-ring (bicyclic) bond motifs is 4. The number of piperazine rings is 1. The zero-order valence-corrected chi connectivity index (χ0v) is 20.4. The fourth-order valence-corrected chi connectivity index (χ4v) is 6.71. The van der Waals surface area contributed by atoms with Crippen molar-refractivity contribution in [2.24, 2.45) is 0 Å². The maximum atomic E-state index is 14.0. The minimum atomic E-state index is -0.394. The summed E-state index contributed by atoms with van der Waals surface area (Å²) in [6.07, 6.45) is 10.4. The van der Waals surface area contributed by atoms with Gasteiger partial charge in [-0.3, -0.25) is 9.59 Å². The predicted molar refractivity (Wildman–Crippen MR) is 138 cm³/mol. The van der Waals surface area contributed by atoms with Crippen LogP contribution in [0.1, 0.15) is 74.2 Å². The van der Waals surface area contributed by atoms with Crippen molar-refractivity contribution in [1.29, 1.82) is 0 Å². The molecule has 2 amide bonds. The molecule has 0 spiro atoms. The topological polar surface area (TPSA) is 56.4 Å². The van der Waals surface area contributed by atoms with Gasteiger partial charge in [-0.2, -0.15) is 0 Å². The molecule has 182 valence electrons. The van der Waals surface area contributed by atoms with E-state index in [4.69, 9.17) is 0 Å². The SMILES string of the molecule is O=C1[C@@H]2Cc3c([nH]c4ccccc34)[C@@H](CCc3ccccc3)N2C(=O)CN1C1CCCCCCC1. The van der Waals surface area contributed by atoms with Crippen LogP contribution >= 0.6 is 0 Å². The monoisotopic (exact) mass is 469 g/mol. The average Bonchev–Trinajstić information content (AvgIpc) is 3.23. The van der Waals surface area contributed by atoms with E-state index in [2.05, 4.69) is 47.4 Å². The fraction of sp³-hybridized carbons (Fsp3) is 0.467. The Balaban J connectivity index is 1.35. The van der Waals surface area contributed by atoms with Crippen molar-refractivity contribution in [2.75, 3.05) is 6.54 Å². The van der Waals surface area contributed by atoms with Crippen molar-refractivity contribution in [2.45, 2.75) is 82.3 Å². The van der Waals surface area contributed by atoms with Gasteiger partial charge in [0.05, 0.1) is 6.04 Å². The second-order valence-electron chi connectivity index (χ2n) is 10.6. The van der Waals surface area contributed by atoms with Crippen molar-refractivity contribution in [3.8, 4) is 0 Å². The molecule has 5 heteroatoms. The van der Waals surface area contributed by atoms with Gasteiger partial charge in [0.25, 0.3) is 0 Å². The number of H-pyrrole nitrogens is 1. The summed E-state index contributed by atoms with van der Waals surface area (Å²) in [7, 11) is 0. The lowest BCUT2D eigenvalue weighted by atomic mass is 9.85. The van der Waals surface area contributed by atoms with E-state index >= 15 is 0 Å². The highest BCUT2D eigenvalue weighted by Gasteiger charge is 2.48. The molecule has 5 nitrogen and oxygen atoms in total. The maximum Gasteiger partial charge on any atom is 0.246 e. The molecule has 0 unspecified atom stereocenters.